The Hall–Kier alpha value is -1.34. The predicted octanol–water partition coefficient (Wildman–Crippen LogP) is -0.359. The zero-order chi connectivity index (χ0) is 14.0. The van der Waals surface area contributed by atoms with Crippen LogP contribution in [-0.4, -0.2) is 57.6 Å². The van der Waals surface area contributed by atoms with Gasteiger partial charge in [0.2, 0.25) is 0 Å². The van der Waals surface area contributed by atoms with E-state index in [1.54, 1.807) is 19.1 Å². The Morgan fingerprint density at radius 2 is 1.79 bits per heavy atom. The quantitative estimate of drug-likeness (QED) is 0.598. The van der Waals surface area contributed by atoms with E-state index in [1.165, 1.54) is 12.1 Å². The summed E-state index contributed by atoms with van der Waals surface area (Å²) >= 11 is 0. The standard InChI is InChI=1S/C13H18O6/c1-7-13(12(17)11(16)10(6-14)18-7)19-9-4-2-8(15)3-5-9/h2-5,7,10-17H,6H2,1H3/t7-,10?,11-,12?,13?/m1/s1. The van der Waals surface area contributed by atoms with E-state index in [-0.39, 0.29) is 12.4 Å². The van der Waals surface area contributed by atoms with Crippen LogP contribution in [0.25, 0.3) is 0 Å². The van der Waals surface area contributed by atoms with Crippen LogP contribution in [0.15, 0.2) is 24.3 Å². The van der Waals surface area contributed by atoms with E-state index in [9.17, 15) is 15.3 Å². The van der Waals surface area contributed by atoms with Gasteiger partial charge in [-0.2, -0.15) is 0 Å². The lowest BCUT2D eigenvalue weighted by atomic mass is 9.96. The van der Waals surface area contributed by atoms with Gasteiger partial charge in [0.1, 0.15) is 29.8 Å². The molecule has 1 aliphatic rings. The highest BCUT2D eigenvalue weighted by atomic mass is 16.6. The van der Waals surface area contributed by atoms with Crippen LogP contribution in [0.5, 0.6) is 11.5 Å². The summed E-state index contributed by atoms with van der Waals surface area (Å²) in [5, 5.41) is 38.0. The van der Waals surface area contributed by atoms with Gasteiger partial charge < -0.3 is 29.9 Å². The van der Waals surface area contributed by atoms with Crippen LogP contribution >= 0.6 is 0 Å². The third-order valence-electron chi connectivity index (χ3n) is 3.21. The maximum atomic E-state index is 10.0. The van der Waals surface area contributed by atoms with Crippen molar-refractivity contribution in [1.82, 2.24) is 0 Å². The molecule has 0 bridgehead atoms. The molecule has 1 aromatic rings. The van der Waals surface area contributed by atoms with E-state index in [1.807, 2.05) is 0 Å². The molecule has 0 radical (unpaired) electrons. The van der Waals surface area contributed by atoms with Gasteiger partial charge >= 0.3 is 0 Å². The Morgan fingerprint density at radius 3 is 2.37 bits per heavy atom. The number of phenolic OH excluding ortho intramolecular Hbond substituents is 1. The molecule has 19 heavy (non-hydrogen) atoms. The van der Waals surface area contributed by atoms with Crippen LogP contribution in [0.1, 0.15) is 6.92 Å². The summed E-state index contributed by atoms with van der Waals surface area (Å²) in [7, 11) is 0. The van der Waals surface area contributed by atoms with Gasteiger partial charge in [-0.1, -0.05) is 0 Å². The Labute approximate surface area is 110 Å². The summed E-state index contributed by atoms with van der Waals surface area (Å²) in [5.41, 5.74) is 0. The lowest BCUT2D eigenvalue weighted by molar-refractivity contribution is -0.217. The fourth-order valence-electron chi connectivity index (χ4n) is 2.12. The summed E-state index contributed by atoms with van der Waals surface area (Å²) in [6.07, 6.45) is -4.41. The molecule has 4 N–H and O–H groups in total. The van der Waals surface area contributed by atoms with Crippen molar-refractivity contribution in [2.75, 3.05) is 6.61 Å². The molecular weight excluding hydrogens is 252 g/mol. The number of aliphatic hydroxyl groups is 3. The highest BCUT2D eigenvalue weighted by Crippen LogP contribution is 2.26. The molecular formula is C13H18O6. The van der Waals surface area contributed by atoms with Gasteiger partial charge in [-0.05, 0) is 31.2 Å². The molecule has 5 atom stereocenters. The topological polar surface area (TPSA) is 99.4 Å². The minimum Gasteiger partial charge on any atom is -0.508 e. The highest BCUT2D eigenvalue weighted by molar-refractivity contribution is 5.30. The molecule has 106 valence electrons. The molecule has 0 aromatic heterocycles. The third-order valence-corrected chi connectivity index (χ3v) is 3.21. The molecule has 0 spiro atoms. The average molecular weight is 270 g/mol. The number of benzene rings is 1. The first kappa shape index (κ1) is 14.1. The van der Waals surface area contributed by atoms with Crippen molar-refractivity contribution >= 4 is 0 Å². The second kappa shape index (κ2) is 5.75. The monoisotopic (exact) mass is 270 g/mol. The van der Waals surface area contributed by atoms with Gasteiger partial charge in [0.05, 0.1) is 12.7 Å². The van der Waals surface area contributed by atoms with Crippen LogP contribution < -0.4 is 4.74 Å². The molecule has 2 rings (SSSR count). The van der Waals surface area contributed by atoms with Crippen molar-refractivity contribution in [2.24, 2.45) is 0 Å². The molecule has 6 nitrogen and oxygen atoms in total. The molecule has 1 heterocycles. The molecule has 1 saturated heterocycles. The van der Waals surface area contributed by atoms with Crippen LogP contribution in [0.4, 0.5) is 0 Å². The number of aromatic hydroxyl groups is 1. The first-order valence-electron chi connectivity index (χ1n) is 6.11. The molecule has 0 aliphatic carbocycles. The number of rotatable bonds is 3. The van der Waals surface area contributed by atoms with Gasteiger partial charge in [-0.25, -0.2) is 0 Å². The Morgan fingerprint density at radius 1 is 1.16 bits per heavy atom. The first-order valence-corrected chi connectivity index (χ1v) is 6.11. The zero-order valence-corrected chi connectivity index (χ0v) is 10.5. The molecule has 0 amide bonds. The van der Waals surface area contributed by atoms with Crippen molar-refractivity contribution in [3.63, 3.8) is 0 Å². The van der Waals surface area contributed by atoms with Crippen LogP contribution in [0.3, 0.4) is 0 Å². The lowest BCUT2D eigenvalue weighted by Crippen LogP contribution is -2.59. The van der Waals surface area contributed by atoms with Crippen molar-refractivity contribution < 1.29 is 29.9 Å². The molecule has 1 aromatic carbocycles. The first-order chi connectivity index (χ1) is 9.02. The molecule has 3 unspecified atom stereocenters. The summed E-state index contributed by atoms with van der Waals surface area (Å²) < 4.78 is 11.0. The van der Waals surface area contributed by atoms with E-state index in [0.717, 1.165) is 0 Å². The molecule has 1 fully saturated rings. The largest absolute Gasteiger partial charge is 0.508 e. The van der Waals surface area contributed by atoms with Crippen LogP contribution in [0, 0.1) is 0 Å². The maximum Gasteiger partial charge on any atom is 0.153 e. The normalized spacial score (nSPS) is 35.1. The van der Waals surface area contributed by atoms with Crippen molar-refractivity contribution in [3.8, 4) is 11.5 Å². The Bertz CT molecular complexity index is 406. The van der Waals surface area contributed by atoms with E-state index < -0.39 is 30.5 Å². The number of hydrogen-bond acceptors (Lipinski definition) is 6. The second-order valence-electron chi connectivity index (χ2n) is 4.62. The van der Waals surface area contributed by atoms with E-state index in [4.69, 9.17) is 14.6 Å². The number of aliphatic hydroxyl groups excluding tert-OH is 3. The zero-order valence-electron chi connectivity index (χ0n) is 10.5. The van der Waals surface area contributed by atoms with Crippen molar-refractivity contribution in [1.29, 1.82) is 0 Å². The summed E-state index contributed by atoms with van der Waals surface area (Å²) in [6, 6.07) is 6.03. The van der Waals surface area contributed by atoms with Gasteiger partial charge in [0.15, 0.2) is 6.10 Å². The van der Waals surface area contributed by atoms with E-state index in [2.05, 4.69) is 0 Å². The average Bonchev–Trinajstić information content (AvgIpc) is 2.41. The molecule has 0 saturated carbocycles. The minimum atomic E-state index is -1.21. The maximum absolute atomic E-state index is 10.0. The Balaban J connectivity index is 2.09. The fraction of sp³-hybridized carbons (Fsp3) is 0.538. The van der Waals surface area contributed by atoms with Crippen molar-refractivity contribution in [3.05, 3.63) is 24.3 Å². The summed E-state index contributed by atoms with van der Waals surface area (Å²) in [4.78, 5) is 0. The van der Waals surface area contributed by atoms with E-state index >= 15 is 0 Å². The van der Waals surface area contributed by atoms with E-state index in [0.29, 0.717) is 5.75 Å². The number of ether oxygens (including phenoxy) is 2. The van der Waals surface area contributed by atoms with Gasteiger partial charge in [0, 0.05) is 0 Å². The SMILES string of the molecule is C[C@H]1OC(CO)[C@@H](O)C(O)C1Oc1ccc(O)cc1. The molecule has 6 heteroatoms. The van der Waals surface area contributed by atoms with Crippen molar-refractivity contribution in [2.45, 2.75) is 37.4 Å². The smallest absolute Gasteiger partial charge is 0.153 e. The van der Waals surface area contributed by atoms with Crippen LogP contribution in [-0.2, 0) is 4.74 Å². The molecule has 1 aliphatic heterocycles. The van der Waals surface area contributed by atoms with Crippen LogP contribution in [0.2, 0.25) is 0 Å². The summed E-state index contributed by atoms with van der Waals surface area (Å²) in [6.45, 7) is 1.33. The lowest BCUT2D eigenvalue weighted by Gasteiger charge is -2.40. The summed E-state index contributed by atoms with van der Waals surface area (Å²) in [5.74, 6) is 0.563. The fourth-order valence-corrected chi connectivity index (χ4v) is 2.12. The third kappa shape index (κ3) is 2.98. The van der Waals surface area contributed by atoms with Gasteiger partial charge in [0.25, 0.3) is 0 Å². The number of hydrogen-bond donors (Lipinski definition) is 4. The highest BCUT2D eigenvalue weighted by Gasteiger charge is 2.43. The number of phenols is 1. The Kier molecular flexibility index (Phi) is 4.26. The predicted molar refractivity (Wildman–Crippen MR) is 66.0 cm³/mol. The minimum absolute atomic E-state index is 0.112. The van der Waals surface area contributed by atoms with Gasteiger partial charge in [-0.15, -0.1) is 0 Å². The van der Waals surface area contributed by atoms with Gasteiger partial charge in [-0.3, -0.25) is 0 Å². The second-order valence-corrected chi connectivity index (χ2v) is 4.62.